The van der Waals surface area contributed by atoms with E-state index in [1.54, 1.807) is 17.1 Å². The van der Waals surface area contributed by atoms with E-state index in [2.05, 4.69) is 27.0 Å². The normalized spacial score (nSPS) is 12.6. The van der Waals surface area contributed by atoms with Crippen molar-refractivity contribution in [2.75, 3.05) is 6.54 Å². The number of carbonyl (C=O) groups excluding carboxylic acids is 1. The second-order valence-electron chi connectivity index (χ2n) is 8.56. The van der Waals surface area contributed by atoms with E-state index < -0.39 is 0 Å². The van der Waals surface area contributed by atoms with Gasteiger partial charge in [-0.3, -0.25) is 14.2 Å². The van der Waals surface area contributed by atoms with E-state index in [-0.39, 0.29) is 11.5 Å². The van der Waals surface area contributed by atoms with Gasteiger partial charge in [-0.05, 0) is 30.2 Å². The van der Waals surface area contributed by atoms with Gasteiger partial charge < -0.3 is 14.5 Å². The predicted octanol–water partition coefficient (Wildman–Crippen LogP) is 2.98. The van der Waals surface area contributed by atoms with Crippen molar-refractivity contribution in [3.63, 3.8) is 0 Å². The summed E-state index contributed by atoms with van der Waals surface area (Å²) >= 11 is 0. The van der Waals surface area contributed by atoms with Crippen LogP contribution in [0.5, 0.6) is 0 Å². The van der Waals surface area contributed by atoms with E-state index in [1.807, 2.05) is 47.2 Å². The maximum absolute atomic E-state index is 13.2. The van der Waals surface area contributed by atoms with Gasteiger partial charge in [-0.25, -0.2) is 9.97 Å². The zero-order valence-electron chi connectivity index (χ0n) is 18.6. The number of nitrogens with zero attached hydrogens (tertiary/aromatic N) is 5. The van der Waals surface area contributed by atoms with Gasteiger partial charge in [0.05, 0.1) is 22.9 Å². The molecule has 2 aromatic carbocycles. The molecule has 4 heterocycles. The first-order chi connectivity index (χ1) is 16.7. The summed E-state index contributed by atoms with van der Waals surface area (Å²) in [6.45, 7) is 2.34. The molecule has 1 amide bonds. The van der Waals surface area contributed by atoms with Crippen molar-refractivity contribution in [2.45, 2.75) is 32.5 Å². The molecule has 8 heteroatoms. The molecule has 0 atom stereocenters. The number of para-hydroxylation sites is 2. The lowest BCUT2D eigenvalue weighted by molar-refractivity contribution is -0.121. The lowest BCUT2D eigenvalue weighted by atomic mass is 10.0. The second kappa shape index (κ2) is 8.30. The van der Waals surface area contributed by atoms with Crippen LogP contribution in [0, 0.1) is 0 Å². The van der Waals surface area contributed by atoms with Crippen LogP contribution in [-0.4, -0.2) is 36.1 Å². The Morgan fingerprint density at radius 1 is 1.03 bits per heavy atom. The topological polar surface area (TPSA) is 86.7 Å². The first-order valence-corrected chi connectivity index (χ1v) is 11.5. The summed E-state index contributed by atoms with van der Waals surface area (Å²) in [6, 6.07) is 15.7. The minimum Gasteiger partial charge on any atom is -0.354 e. The van der Waals surface area contributed by atoms with Crippen molar-refractivity contribution in [2.24, 2.45) is 0 Å². The third-order valence-electron chi connectivity index (χ3n) is 6.55. The molecule has 0 radical (unpaired) electrons. The van der Waals surface area contributed by atoms with Gasteiger partial charge in [0, 0.05) is 55.9 Å². The van der Waals surface area contributed by atoms with Crippen LogP contribution in [0.2, 0.25) is 0 Å². The minimum atomic E-state index is -0.0136. The number of aromatic nitrogens is 5. The van der Waals surface area contributed by atoms with Gasteiger partial charge in [0.25, 0.3) is 5.56 Å². The Morgan fingerprint density at radius 3 is 2.71 bits per heavy atom. The summed E-state index contributed by atoms with van der Waals surface area (Å²) in [4.78, 5) is 34.8. The monoisotopic (exact) mass is 452 g/mol. The highest BCUT2D eigenvalue weighted by atomic mass is 16.1. The smallest absolute Gasteiger partial charge is 0.261 e. The highest BCUT2D eigenvalue weighted by molar-refractivity contribution is 5.92. The van der Waals surface area contributed by atoms with Crippen molar-refractivity contribution in [3.8, 4) is 11.5 Å². The van der Waals surface area contributed by atoms with Crippen LogP contribution in [0.25, 0.3) is 33.3 Å². The van der Waals surface area contributed by atoms with Crippen molar-refractivity contribution in [1.29, 1.82) is 0 Å². The first kappa shape index (κ1) is 20.4. The highest BCUT2D eigenvalue weighted by Gasteiger charge is 2.27. The third kappa shape index (κ3) is 3.39. The van der Waals surface area contributed by atoms with E-state index in [1.165, 1.54) is 5.56 Å². The number of aryl methyl sites for hydroxylation is 2. The molecule has 1 N–H and O–H groups in total. The number of amides is 1. The van der Waals surface area contributed by atoms with Gasteiger partial charge in [0.2, 0.25) is 5.91 Å². The second-order valence-corrected chi connectivity index (χ2v) is 8.56. The fourth-order valence-corrected chi connectivity index (χ4v) is 4.94. The predicted molar refractivity (Wildman–Crippen MR) is 130 cm³/mol. The molecular weight excluding hydrogens is 428 g/mol. The fraction of sp³-hybridized carbons (Fsp3) is 0.231. The van der Waals surface area contributed by atoms with Crippen LogP contribution in [0.4, 0.5) is 0 Å². The molecule has 1 aliphatic rings. The first-order valence-electron chi connectivity index (χ1n) is 11.5. The minimum absolute atomic E-state index is 0.00804. The summed E-state index contributed by atoms with van der Waals surface area (Å²) in [5.74, 6) is 0.674. The molecule has 0 spiro atoms. The van der Waals surface area contributed by atoms with Crippen molar-refractivity contribution in [1.82, 2.24) is 29.0 Å². The average Bonchev–Trinajstić information content (AvgIpc) is 3.49. The summed E-state index contributed by atoms with van der Waals surface area (Å²) in [7, 11) is 0. The van der Waals surface area contributed by atoms with Crippen LogP contribution in [0.1, 0.15) is 12.0 Å². The maximum atomic E-state index is 13.2. The average molecular weight is 453 g/mol. The molecule has 6 rings (SSSR count). The maximum Gasteiger partial charge on any atom is 0.261 e. The Labute approximate surface area is 195 Å². The summed E-state index contributed by atoms with van der Waals surface area (Å²) in [5, 5.41) is 4.79. The molecule has 34 heavy (non-hydrogen) atoms. The standard InChI is InChI=1S/C26H24N6O2/c33-23(28-12-16-30-15-11-27-17-30)10-14-31-22-8-4-2-5-18(22)19-9-13-32-25(24(19)31)29-21-7-3-1-6-20(21)26(32)34/h1-8,11,15,17H,9-10,12-14,16H2,(H,28,33). The van der Waals surface area contributed by atoms with Gasteiger partial charge in [0.15, 0.2) is 5.82 Å². The molecule has 0 fully saturated rings. The number of benzene rings is 2. The summed E-state index contributed by atoms with van der Waals surface area (Å²) in [5.41, 5.74) is 3.88. The zero-order chi connectivity index (χ0) is 23.1. The van der Waals surface area contributed by atoms with E-state index in [0.717, 1.165) is 23.0 Å². The number of fused-ring (bicyclic) bond motifs is 6. The van der Waals surface area contributed by atoms with Gasteiger partial charge in [-0.2, -0.15) is 0 Å². The van der Waals surface area contributed by atoms with Gasteiger partial charge in [-0.1, -0.05) is 30.3 Å². The van der Waals surface area contributed by atoms with Crippen molar-refractivity contribution < 1.29 is 4.79 Å². The van der Waals surface area contributed by atoms with Gasteiger partial charge >= 0.3 is 0 Å². The van der Waals surface area contributed by atoms with Crippen LogP contribution in [0.15, 0.2) is 72.0 Å². The Bertz CT molecular complexity index is 1580. The molecule has 0 unspecified atom stereocenters. The largest absolute Gasteiger partial charge is 0.354 e. The lowest BCUT2D eigenvalue weighted by Crippen LogP contribution is -2.29. The van der Waals surface area contributed by atoms with Crippen molar-refractivity contribution in [3.05, 3.63) is 83.2 Å². The number of hydrogen-bond donors (Lipinski definition) is 1. The molecule has 0 aliphatic carbocycles. The van der Waals surface area contributed by atoms with E-state index in [0.29, 0.717) is 49.3 Å². The molecule has 3 aromatic heterocycles. The molecule has 0 saturated carbocycles. The molecule has 8 nitrogen and oxygen atoms in total. The van der Waals surface area contributed by atoms with Crippen LogP contribution in [-0.2, 0) is 30.8 Å². The quantitative estimate of drug-likeness (QED) is 0.429. The molecule has 0 saturated heterocycles. The Hall–Kier alpha value is -4.20. The van der Waals surface area contributed by atoms with Crippen LogP contribution >= 0.6 is 0 Å². The molecular formula is C26H24N6O2. The van der Waals surface area contributed by atoms with Crippen molar-refractivity contribution >= 4 is 27.7 Å². The Balaban J connectivity index is 1.36. The third-order valence-corrected chi connectivity index (χ3v) is 6.55. The Kier molecular flexibility index (Phi) is 4.98. The van der Waals surface area contributed by atoms with Crippen LogP contribution in [0.3, 0.4) is 0 Å². The number of rotatable bonds is 6. The number of imidazole rings is 1. The lowest BCUT2D eigenvalue weighted by Gasteiger charge is -2.21. The van der Waals surface area contributed by atoms with E-state index in [9.17, 15) is 9.59 Å². The van der Waals surface area contributed by atoms with E-state index in [4.69, 9.17) is 4.98 Å². The number of nitrogens with one attached hydrogen (secondary N) is 1. The molecule has 0 bridgehead atoms. The number of hydrogen-bond acceptors (Lipinski definition) is 4. The summed E-state index contributed by atoms with van der Waals surface area (Å²) in [6.07, 6.45) is 6.43. The number of carbonyl (C=O) groups is 1. The van der Waals surface area contributed by atoms with Gasteiger partial charge in [-0.15, -0.1) is 0 Å². The Morgan fingerprint density at radius 2 is 1.85 bits per heavy atom. The zero-order valence-corrected chi connectivity index (χ0v) is 18.6. The van der Waals surface area contributed by atoms with E-state index >= 15 is 0 Å². The fourth-order valence-electron chi connectivity index (χ4n) is 4.94. The van der Waals surface area contributed by atoms with Gasteiger partial charge in [0.1, 0.15) is 0 Å². The molecule has 1 aliphatic heterocycles. The highest BCUT2D eigenvalue weighted by Crippen LogP contribution is 2.36. The molecule has 170 valence electrons. The SMILES string of the molecule is O=C(CCn1c2c(c3ccccc31)CCn1c-2nc2ccccc2c1=O)NCCn1ccnc1. The molecule has 5 aromatic rings. The summed E-state index contributed by atoms with van der Waals surface area (Å²) < 4.78 is 5.87. The van der Waals surface area contributed by atoms with Crippen LogP contribution < -0.4 is 10.9 Å².